The minimum atomic E-state index is -0.0116. The first-order valence-electron chi connectivity index (χ1n) is 7.97. The zero-order valence-electron chi connectivity index (χ0n) is 12.7. The van der Waals surface area contributed by atoms with Crippen molar-refractivity contribution in [2.75, 3.05) is 46.4 Å². The Morgan fingerprint density at radius 1 is 1.26 bits per heavy atom. The van der Waals surface area contributed by atoms with Crippen LogP contribution in [0.25, 0.3) is 0 Å². The fourth-order valence-electron chi connectivity index (χ4n) is 3.58. The predicted octanol–water partition coefficient (Wildman–Crippen LogP) is 0.907. The van der Waals surface area contributed by atoms with Gasteiger partial charge in [0, 0.05) is 37.8 Å². The molecule has 1 heterocycles. The SMILES string of the molecule is CCCNC1(CO)CCCC(N2CCN(C)CC2)C1. The number of likely N-dealkylation sites (N-methyl/N-ethyl adjacent to an activating group) is 1. The van der Waals surface area contributed by atoms with Gasteiger partial charge in [-0.15, -0.1) is 0 Å². The monoisotopic (exact) mass is 269 g/mol. The Bertz CT molecular complexity index is 266. The number of hydrogen-bond acceptors (Lipinski definition) is 4. The Labute approximate surface area is 118 Å². The van der Waals surface area contributed by atoms with Gasteiger partial charge in [0.2, 0.25) is 0 Å². The van der Waals surface area contributed by atoms with E-state index in [4.69, 9.17) is 0 Å². The van der Waals surface area contributed by atoms with E-state index in [1.54, 1.807) is 0 Å². The van der Waals surface area contributed by atoms with Gasteiger partial charge in [0.1, 0.15) is 0 Å². The van der Waals surface area contributed by atoms with Crippen molar-refractivity contribution in [2.24, 2.45) is 0 Å². The average Bonchev–Trinajstić information content (AvgIpc) is 2.46. The van der Waals surface area contributed by atoms with Crippen molar-refractivity contribution >= 4 is 0 Å². The molecular weight excluding hydrogens is 238 g/mol. The first-order chi connectivity index (χ1) is 9.19. The second kappa shape index (κ2) is 7.02. The van der Waals surface area contributed by atoms with Crippen LogP contribution in [0.3, 0.4) is 0 Å². The van der Waals surface area contributed by atoms with Crippen molar-refractivity contribution in [1.82, 2.24) is 15.1 Å². The third-order valence-electron chi connectivity index (χ3n) is 4.93. The number of hydrogen-bond donors (Lipinski definition) is 2. The molecule has 2 atom stereocenters. The molecule has 2 rings (SSSR count). The van der Waals surface area contributed by atoms with Gasteiger partial charge in [-0.1, -0.05) is 6.92 Å². The van der Waals surface area contributed by atoms with E-state index in [1.807, 2.05) is 0 Å². The number of nitrogens with zero attached hydrogens (tertiary/aromatic N) is 2. The lowest BCUT2D eigenvalue weighted by Crippen LogP contribution is -2.58. The van der Waals surface area contributed by atoms with E-state index < -0.39 is 0 Å². The molecule has 0 spiro atoms. The molecule has 112 valence electrons. The third kappa shape index (κ3) is 3.91. The maximum absolute atomic E-state index is 9.84. The maximum atomic E-state index is 9.84. The minimum Gasteiger partial charge on any atom is -0.394 e. The van der Waals surface area contributed by atoms with Crippen LogP contribution in [0.1, 0.15) is 39.0 Å². The van der Waals surface area contributed by atoms with E-state index >= 15 is 0 Å². The van der Waals surface area contributed by atoms with Gasteiger partial charge in [-0.2, -0.15) is 0 Å². The van der Waals surface area contributed by atoms with Crippen LogP contribution < -0.4 is 5.32 Å². The zero-order chi connectivity index (χ0) is 13.7. The molecule has 1 aliphatic heterocycles. The molecule has 1 saturated heterocycles. The molecule has 2 N–H and O–H groups in total. The van der Waals surface area contributed by atoms with Crippen molar-refractivity contribution in [1.29, 1.82) is 0 Å². The second-order valence-corrected chi connectivity index (χ2v) is 6.45. The van der Waals surface area contributed by atoms with Gasteiger partial charge in [-0.05, 0) is 45.7 Å². The van der Waals surface area contributed by atoms with Crippen LogP contribution in [0.5, 0.6) is 0 Å². The van der Waals surface area contributed by atoms with E-state index in [1.165, 1.54) is 39.0 Å². The smallest absolute Gasteiger partial charge is 0.0613 e. The summed E-state index contributed by atoms with van der Waals surface area (Å²) < 4.78 is 0. The van der Waals surface area contributed by atoms with Gasteiger partial charge in [0.25, 0.3) is 0 Å². The molecule has 19 heavy (non-hydrogen) atoms. The Kier molecular flexibility index (Phi) is 5.63. The normalized spacial score (nSPS) is 34.6. The standard InChI is InChI=1S/C15H31N3O/c1-3-7-16-15(13-19)6-4-5-14(12-15)18-10-8-17(2)9-11-18/h14,16,19H,3-13H2,1-2H3. The summed E-state index contributed by atoms with van der Waals surface area (Å²) in [6.07, 6.45) is 5.94. The molecule has 2 unspecified atom stereocenters. The zero-order valence-corrected chi connectivity index (χ0v) is 12.7. The van der Waals surface area contributed by atoms with Crippen LogP contribution in [-0.4, -0.2) is 72.9 Å². The molecule has 0 aromatic rings. The van der Waals surface area contributed by atoms with Gasteiger partial charge < -0.3 is 15.3 Å². The molecule has 4 nitrogen and oxygen atoms in total. The Morgan fingerprint density at radius 2 is 2.00 bits per heavy atom. The summed E-state index contributed by atoms with van der Waals surface area (Å²) in [4.78, 5) is 5.06. The molecular formula is C15H31N3O. The van der Waals surface area contributed by atoms with Gasteiger partial charge in [0.15, 0.2) is 0 Å². The van der Waals surface area contributed by atoms with Crippen molar-refractivity contribution in [2.45, 2.75) is 50.6 Å². The first kappa shape index (κ1) is 15.2. The van der Waals surface area contributed by atoms with Gasteiger partial charge in [-0.25, -0.2) is 0 Å². The summed E-state index contributed by atoms with van der Waals surface area (Å²) in [6.45, 7) is 8.26. The van der Waals surface area contributed by atoms with Crippen molar-refractivity contribution < 1.29 is 5.11 Å². The summed E-state index contributed by atoms with van der Waals surface area (Å²) in [5, 5.41) is 13.5. The fraction of sp³-hybridized carbons (Fsp3) is 1.00. The highest BCUT2D eigenvalue weighted by molar-refractivity contribution is 4.97. The molecule has 0 bridgehead atoms. The van der Waals surface area contributed by atoms with E-state index in [9.17, 15) is 5.11 Å². The van der Waals surface area contributed by atoms with Crippen LogP contribution in [-0.2, 0) is 0 Å². The van der Waals surface area contributed by atoms with E-state index in [0.717, 1.165) is 25.8 Å². The number of aliphatic hydroxyl groups is 1. The lowest BCUT2D eigenvalue weighted by Gasteiger charge is -2.46. The average molecular weight is 269 g/mol. The third-order valence-corrected chi connectivity index (χ3v) is 4.93. The summed E-state index contributed by atoms with van der Waals surface area (Å²) >= 11 is 0. The summed E-state index contributed by atoms with van der Waals surface area (Å²) in [5.41, 5.74) is -0.0116. The minimum absolute atomic E-state index is 0.0116. The van der Waals surface area contributed by atoms with Crippen LogP contribution in [0.2, 0.25) is 0 Å². The van der Waals surface area contributed by atoms with Crippen molar-refractivity contribution in [3.05, 3.63) is 0 Å². The molecule has 4 heteroatoms. The van der Waals surface area contributed by atoms with Crippen LogP contribution in [0.4, 0.5) is 0 Å². The number of rotatable bonds is 5. The highest BCUT2D eigenvalue weighted by atomic mass is 16.3. The molecule has 0 amide bonds. The van der Waals surface area contributed by atoms with E-state index in [0.29, 0.717) is 6.04 Å². The van der Waals surface area contributed by atoms with Crippen LogP contribution in [0, 0.1) is 0 Å². The number of aliphatic hydroxyl groups excluding tert-OH is 1. The fourth-order valence-corrected chi connectivity index (χ4v) is 3.58. The number of nitrogens with one attached hydrogen (secondary N) is 1. The van der Waals surface area contributed by atoms with E-state index in [-0.39, 0.29) is 12.1 Å². The van der Waals surface area contributed by atoms with E-state index in [2.05, 4.69) is 29.1 Å². The van der Waals surface area contributed by atoms with Crippen LogP contribution in [0.15, 0.2) is 0 Å². The van der Waals surface area contributed by atoms with Crippen molar-refractivity contribution in [3.8, 4) is 0 Å². The largest absolute Gasteiger partial charge is 0.394 e. The quantitative estimate of drug-likeness (QED) is 0.778. The summed E-state index contributed by atoms with van der Waals surface area (Å²) in [5.74, 6) is 0. The number of piperazine rings is 1. The predicted molar refractivity (Wildman–Crippen MR) is 79.4 cm³/mol. The van der Waals surface area contributed by atoms with Crippen LogP contribution >= 0.6 is 0 Å². The molecule has 1 saturated carbocycles. The summed E-state index contributed by atoms with van der Waals surface area (Å²) in [6, 6.07) is 0.666. The lowest BCUT2D eigenvalue weighted by atomic mass is 9.78. The molecule has 2 aliphatic rings. The molecule has 1 aliphatic carbocycles. The Balaban J connectivity index is 1.91. The molecule has 0 aromatic carbocycles. The maximum Gasteiger partial charge on any atom is 0.0613 e. The Hall–Kier alpha value is -0.160. The second-order valence-electron chi connectivity index (χ2n) is 6.45. The first-order valence-corrected chi connectivity index (χ1v) is 7.97. The van der Waals surface area contributed by atoms with Crippen molar-refractivity contribution in [3.63, 3.8) is 0 Å². The highest BCUT2D eigenvalue weighted by Crippen LogP contribution is 2.31. The highest BCUT2D eigenvalue weighted by Gasteiger charge is 2.37. The Morgan fingerprint density at radius 3 is 2.63 bits per heavy atom. The van der Waals surface area contributed by atoms with Gasteiger partial charge >= 0.3 is 0 Å². The molecule has 2 fully saturated rings. The molecule has 0 radical (unpaired) electrons. The molecule has 0 aromatic heterocycles. The lowest BCUT2D eigenvalue weighted by molar-refractivity contribution is 0.0374. The van der Waals surface area contributed by atoms with Gasteiger partial charge in [0.05, 0.1) is 6.61 Å². The van der Waals surface area contributed by atoms with Gasteiger partial charge in [-0.3, -0.25) is 4.90 Å². The topological polar surface area (TPSA) is 38.7 Å². The summed E-state index contributed by atoms with van der Waals surface area (Å²) in [7, 11) is 2.21.